The Morgan fingerprint density at radius 2 is 1.86 bits per heavy atom. The fourth-order valence-corrected chi connectivity index (χ4v) is 4.72. The molecule has 0 atom stereocenters. The molecule has 0 aromatic heterocycles. The van der Waals surface area contributed by atoms with Gasteiger partial charge >= 0.3 is 0 Å². The predicted octanol–water partition coefficient (Wildman–Crippen LogP) is 3.00. The molecule has 1 saturated carbocycles. The molecule has 0 aliphatic heterocycles. The zero-order valence-corrected chi connectivity index (χ0v) is 14.9. The van der Waals surface area contributed by atoms with Gasteiger partial charge in [0.1, 0.15) is 0 Å². The van der Waals surface area contributed by atoms with Gasteiger partial charge in [0.2, 0.25) is 10.0 Å². The van der Waals surface area contributed by atoms with Crippen LogP contribution in [0.25, 0.3) is 0 Å². The molecule has 1 N–H and O–H groups in total. The van der Waals surface area contributed by atoms with Crippen LogP contribution >= 0.6 is 0 Å². The van der Waals surface area contributed by atoms with Gasteiger partial charge in [0.25, 0.3) is 0 Å². The summed E-state index contributed by atoms with van der Waals surface area (Å²) in [6, 6.07) is 0.261. The molecule has 1 rings (SSSR count). The molecule has 5 heteroatoms. The van der Waals surface area contributed by atoms with Crippen LogP contribution in [0.4, 0.5) is 0 Å². The van der Waals surface area contributed by atoms with Gasteiger partial charge in [-0.2, -0.15) is 4.31 Å². The maximum atomic E-state index is 12.7. The Balaban J connectivity index is 2.53. The molecule has 1 fully saturated rings. The summed E-state index contributed by atoms with van der Waals surface area (Å²) in [5.74, 6) is 0.841. The number of hydrogen-bond donors (Lipinski definition) is 1. The van der Waals surface area contributed by atoms with Crippen molar-refractivity contribution in [1.82, 2.24) is 9.62 Å². The highest BCUT2D eigenvalue weighted by molar-refractivity contribution is 7.89. The van der Waals surface area contributed by atoms with Crippen LogP contribution in [0, 0.1) is 5.92 Å². The standard InChI is InChI=1S/C16H34N2O2S/c1-4-11-17-12-7-14-21(19,20)18(13-10-15(2)3)16-8-5-6-9-16/h15-17H,4-14H2,1-3H3. The molecule has 21 heavy (non-hydrogen) atoms. The Morgan fingerprint density at radius 1 is 1.19 bits per heavy atom. The fourth-order valence-electron chi connectivity index (χ4n) is 2.93. The van der Waals surface area contributed by atoms with Crippen LogP contribution in [-0.2, 0) is 10.0 Å². The average molecular weight is 319 g/mol. The molecule has 0 radical (unpaired) electrons. The lowest BCUT2D eigenvalue weighted by molar-refractivity contribution is 0.304. The molecule has 0 unspecified atom stereocenters. The molecule has 0 amide bonds. The van der Waals surface area contributed by atoms with E-state index in [0.29, 0.717) is 18.9 Å². The van der Waals surface area contributed by atoms with Gasteiger partial charge in [-0.25, -0.2) is 8.42 Å². The molecule has 126 valence electrons. The lowest BCUT2D eigenvalue weighted by Gasteiger charge is -2.28. The van der Waals surface area contributed by atoms with Gasteiger partial charge in [0.05, 0.1) is 5.75 Å². The van der Waals surface area contributed by atoms with Crippen molar-refractivity contribution in [1.29, 1.82) is 0 Å². The minimum atomic E-state index is -3.10. The molecule has 1 aliphatic rings. The summed E-state index contributed by atoms with van der Waals surface area (Å²) in [5, 5.41) is 3.28. The largest absolute Gasteiger partial charge is 0.317 e. The maximum Gasteiger partial charge on any atom is 0.214 e. The molecule has 0 aromatic rings. The second kappa shape index (κ2) is 9.80. The predicted molar refractivity (Wildman–Crippen MR) is 90.0 cm³/mol. The third kappa shape index (κ3) is 7.11. The van der Waals surface area contributed by atoms with E-state index in [1.807, 2.05) is 4.31 Å². The second-order valence-electron chi connectivity index (χ2n) is 6.65. The van der Waals surface area contributed by atoms with E-state index in [-0.39, 0.29) is 11.8 Å². The van der Waals surface area contributed by atoms with Crippen molar-refractivity contribution in [2.45, 2.75) is 71.8 Å². The highest BCUT2D eigenvalue weighted by Gasteiger charge is 2.31. The quantitative estimate of drug-likeness (QED) is 0.596. The summed E-state index contributed by atoms with van der Waals surface area (Å²) in [6.45, 7) is 8.92. The van der Waals surface area contributed by atoms with Crippen molar-refractivity contribution in [2.24, 2.45) is 5.92 Å². The van der Waals surface area contributed by atoms with Crippen molar-refractivity contribution >= 4 is 10.0 Å². The van der Waals surface area contributed by atoms with Crippen LogP contribution in [0.15, 0.2) is 0 Å². The van der Waals surface area contributed by atoms with Crippen molar-refractivity contribution < 1.29 is 8.42 Å². The van der Waals surface area contributed by atoms with E-state index < -0.39 is 10.0 Å². The number of hydrogen-bond acceptors (Lipinski definition) is 3. The van der Waals surface area contributed by atoms with Gasteiger partial charge in [0, 0.05) is 12.6 Å². The van der Waals surface area contributed by atoms with E-state index in [1.54, 1.807) is 0 Å². The maximum absolute atomic E-state index is 12.7. The Labute approximate surface area is 131 Å². The Morgan fingerprint density at radius 3 is 2.43 bits per heavy atom. The lowest BCUT2D eigenvalue weighted by atomic mass is 10.1. The number of rotatable bonds is 11. The average Bonchev–Trinajstić information content (AvgIpc) is 2.91. The van der Waals surface area contributed by atoms with Crippen molar-refractivity contribution in [3.05, 3.63) is 0 Å². The first-order valence-electron chi connectivity index (χ1n) is 8.67. The molecular formula is C16H34N2O2S. The molecule has 0 aromatic carbocycles. The van der Waals surface area contributed by atoms with Crippen molar-refractivity contribution in [2.75, 3.05) is 25.4 Å². The summed E-state index contributed by atoms with van der Waals surface area (Å²) in [5.41, 5.74) is 0. The molecule has 0 saturated heterocycles. The summed E-state index contributed by atoms with van der Waals surface area (Å²) in [4.78, 5) is 0. The SMILES string of the molecule is CCCNCCCS(=O)(=O)N(CCC(C)C)C1CCCC1. The van der Waals surface area contributed by atoms with Gasteiger partial charge in [-0.3, -0.25) is 0 Å². The molecule has 1 aliphatic carbocycles. The third-order valence-corrected chi connectivity index (χ3v) is 6.20. The summed E-state index contributed by atoms with van der Waals surface area (Å²) < 4.78 is 27.2. The van der Waals surface area contributed by atoms with Crippen LogP contribution in [0.2, 0.25) is 0 Å². The van der Waals surface area contributed by atoms with Crippen LogP contribution in [0.5, 0.6) is 0 Å². The van der Waals surface area contributed by atoms with Crippen LogP contribution in [-0.4, -0.2) is 44.2 Å². The highest BCUT2D eigenvalue weighted by Crippen LogP contribution is 2.26. The minimum Gasteiger partial charge on any atom is -0.317 e. The first-order chi connectivity index (χ1) is 9.97. The number of nitrogens with zero attached hydrogens (tertiary/aromatic N) is 1. The monoisotopic (exact) mass is 318 g/mol. The van der Waals surface area contributed by atoms with Gasteiger partial charge in [-0.15, -0.1) is 0 Å². The smallest absolute Gasteiger partial charge is 0.214 e. The number of nitrogens with one attached hydrogen (secondary N) is 1. The lowest BCUT2D eigenvalue weighted by Crippen LogP contribution is -2.41. The van der Waals surface area contributed by atoms with E-state index in [9.17, 15) is 8.42 Å². The zero-order valence-electron chi connectivity index (χ0n) is 14.1. The third-order valence-electron chi connectivity index (χ3n) is 4.20. The topological polar surface area (TPSA) is 49.4 Å². The summed E-state index contributed by atoms with van der Waals surface area (Å²) in [6.07, 6.45) is 7.22. The molecule has 0 bridgehead atoms. The minimum absolute atomic E-state index is 0.261. The van der Waals surface area contributed by atoms with Crippen LogP contribution in [0.3, 0.4) is 0 Å². The molecule has 4 nitrogen and oxygen atoms in total. The van der Waals surface area contributed by atoms with Gasteiger partial charge in [0.15, 0.2) is 0 Å². The summed E-state index contributed by atoms with van der Waals surface area (Å²) >= 11 is 0. The van der Waals surface area contributed by atoms with E-state index in [4.69, 9.17) is 0 Å². The van der Waals surface area contributed by atoms with E-state index in [1.165, 1.54) is 12.8 Å². The van der Waals surface area contributed by atoms with Crippen LogP contribution in [0.1, 0.15) is 65.7 Å². The molecule has 0 heterocycles. The normalized spacial score (nSPS) is 17.2. The fraction of sp³-hybridized carbons (Fsp3) is 1.00. The van der Waals surface area contributed by atoms with Crippen molar-refractivity contribution in [3.8, 4) is 0 Å². The Bertz CT molecular complexity index is 362. The number of sulfonamides is 1. The van der Waals surface area contributed by atoms with Crippen LogP contribution < -0.4 is 5.32 Å². The Kier molecular flexibility index (Phi) is 8.83. The van der Waals surface area contributed by atoms with E-state index >= 15 is 0 Å². The first kappa shape index (κ1) is 18.9. The van der Waals surface area contributed by atoms with E-state index in [2.05, 4.69) is 26.1 Å². The first-order valence-corrected chi connectivity index (χ1v) is 10.3. The van der Waals surface area contributed by atoms with Crippen molar-refractivity contribution in [3.63, 3.8) is 0 Å². The zero-order chi connectivity index (χ0) is 15.7. The highest BCUT2D eigenvalue weighted by atomic mass is 32.2. The van der Waals surface area contributed by atoms with Gasteiger partial charge in [-0.1, -0.05) is 33.6 Å². The second-order valence-corrected chi connectivity index (χ2v) is 8.69. The molecular weight excluding hydrogens is 284 g/mol. The summed E-state index contributed by atoms with van der Waals surface area (Å²) in [7, 11) is -3.10. The molecule has 0 spiro atoms. The van der Waals surface area contributed by atoms with Gasteiger partial charge in [-0.05, 0) is 51.1 Å². The van der Waals surface area contributed by atoms with Gasteiger partial charge < -0.3 is 5.32 Å². The Hall–Kier alpha value is -0.130. The van der Waals surface area contributed by atoms with E-state index in [0.717, 1.165) is 38.8 Å².